The van der Waals surface area contributed by atoms with Gasteiger partial charge in [-0.1, -0.05) is 54.1 Å². The Balaban J connectivity index is 1.72. The highest BCUT2D eigenvalue weighted by Crippen LogP contribution is 2.14. The maximum absolute atomic E-state index is 11.9. The molecule has 0 heterocycles. The van der Waals surface area contributed by atoms with Crippen LogP contribution in [0.25, 0.3) is 0 Å². The Morgan fingerprint density at radius 2 is 1.74 bits per heavy atom. The Morgan fingerprint density at radius 1 is 1.04 bits per heavy atom. The number of hydrogen-bond acceptors (Lipinski definition) is 3. The van der Waals surface area contributed by atoms with Crippen LogP contribution in [0.4, 0.5) is 0 Å². The average Bonchev–Trinajstić information content (AvgIpc) is 2.56. The van der Waals surface area contributed by atoms with Crippen molar-refractivity contribution in [2.75, 3.05) is 6.54 Å². The summed E-state index contributed by atoms with van der Waals surface area (Å²) in [7, 11) is 0. The molecule has 0 aromatic heterocycles. The molecule has 5 nitrogen and oxygen atoms in total. The molecule has 0 bridgehead atoms. The summed E-state index contributed by atoms with van der Waals surface area (Å²) in [5.41, 5.74) is 3.68. The number of nitrogens with one attached hydrogen (secondary N) is 2. The number of rotatable bonds is 6. The number of benzene rings is 2. The summed E-state index contributed by atoms with van der Waals surface area (Å²) in [6.07, 6.45) is 1.68. The minimum absolute atomic E-state index is 0.127. The van der Waals surface area contributed by atoms with Crippen molar-refractivity contribution in [2.45, 2.75) is 6.42 Å². The number of hydrogen-bond donors (Lipinski definition) is 2. The summed E-state index contributed by atoms with van der Waals surface area (Å²) >= 11 is 5.93. The van der Waals surface area contributed by atoms with Gasteiger partial charge in [0.2, 0.25) is 5.91 Å². The van der Waals surface area contributed by atoms with Gasteiger partial charge < -0.3 is 5.32 Å². The maximum Gasteiger partial charge on any atom is 0.252 e. The fourth-order valence-electron chi connectivity index (χ4n) is 1.80. The number of hydrazone groups is 1. The Bertz CT molecular complexity index is 702. The SMILES string of the molecule is O=C(CCNC(=O)c1ccccc1Cl)NN=Cc1ccccc1. The molecule has 2 aromatic carbocycles. The molecule has 0 atom stereocenters. The number of carbonyl (C=O) groups excluding carboxylic acids is 2. The van der Waals surface area contributed by atoms with Crippen LogP contribution in [0.15, 0.2) is 59.7 Å². The van der Waals surface area contributed by atoms with Gasteiger partial charge in [0.15, 0.2) is 0 Å². The lowest BCUT2D eigenvalue weighted by atomic mass is 10.2. The molecule has 0 aliphatic rings. The lowest BCUT2D eigenvalue weighted by Crippen LogP contribution is -2.29. The second-order valence-electron chi connectivity index (χ2n) is 4.69. The molecular formula is C17H16ClN3O2. The molecule has 2 rings (SSSR count). The second kappa shape index (κ2) is 8.70. The van der Waals surface area contributed by atoms with Crippen molar-refractivity contribution in [2.24, 2.45) is 5.10 Å². The summed E-state index contributed by atoms with van der Waals surface area (Å²) < 4.78 is 0. The zero-order chi connectivity index (χ0) is 16.5. The fourth-order valence-corrected chi connectivity index (χ4v) is 2.03. The van der Waals surface area contributed by atoms with Gasteiger partial charge in [0, 0.05) is 13.0 Å². The van der Waals surface area contributed by atoms with Gasteiger partial charge in [0.1, 0.15) is 0 Å². The predicted molar refractivity (Wildman–Crippen MR) is 90.6 cm³/mol. The molecule has 0 radical (unpaired) electrons. The molecule has 0 aliphatic heterocycles. The largest absolute Gasteiger partial charge is 0.351 e. The van der Waals surface area contributed by atoms with E-state index >= 15 is 0 Å². The van der Waals surface area contributed by atoms with E-state index in [-0.39, 0.29) is 24.8 Å². The van der Waals surface area contributed by atoms with Gasteiger partial charge in [0.05, 0.1) is 16.8 Å². The van der Waals surface area contributed by atoms with Gasteiger partial charge in [-0.05, 0) is 17.7 Å². The van der Waals surface area contributed by atoms with E-state index in [0.29, 0.717) is 10.6 Å². The normalized spacial score (nSPS) is 10.5. The van der Waals surface area contributed by atoms with Crippen molar-refractivity contribution in [3.05, 3.63) is 70.7 Å². The van der Waals surface area contributed by atoms with Crippen molar-refractivity contribution < 1.29 is 9.59 Å². The first-order valence-electron chi connectivity index (χ1n) is 7.06. The number of nitrogens with zero attached hydrogens (tertiary/aromatic N) is 1. The van der Waals surface area contributed by atoms with Crippen LogP contribution in [-0.2, 0) is 4.79 Å². The highest BCUT2D eigenvalue weighted by Gasteiger charge is 2.09. The predicted octanol–water partition coefficient (Wildman–Crippen LogP) is 2.61. The van der Waals surface area contributed by atoms with Crippen molar-refractivity contribution in [3.63, 3.8) is 0 Å². The molecular weight excluding hydrogens is 314 g/mol. The van der Waals surface area contributed by atoms with Crippen LogP contribution in [0.3, 0.4) is 0 Å². The molecule has 2 N–H and O–H groups in total. The standard InChI is InChI=1S/C17H16ClN3O2/c18-15-9-5-4-8-14(15)17(23)19-11-10-16(22)21-20-12-13-6-2-1-3-7-13/h1-9,12H,10-11H2,(H,19,23)(H,21,22). The van der Waals surface area contributed by atoms with E-state index < -0.39 is 0 Å². The topological polar surface area (TPSA) is 70.6 Å². The van der Waals surface area contributed by atoms with Crippen LogP contribution < -0.4 is 10.7 Å². The van der Waals surface area contributed by atoms with Gasteiger partial charge in [-0.3, -0.25) is 9.59 Å². The Kier molecular flexibility index (Phi) is 6.32. The molecule has 2 amide bonds. The summed E-state index contributed by atoms with van der Waals surface area (Å²) in [5.74, 6) is -0.590. The first-order chi connectivity index (χ1) is 11.2. The van der Waals surface area contributed by atoms with E-state index in [1.165, 1.54) is 0 Å². The molecule has 0 unspecified atom stereocenters. The van der Waals surface area contributed by atoms with Gasteiger partial charge in [-0.15, -0.1) is 0 Å². The van der Waals surface area contributed by atoms with Crippen molar-refractivity contribution >= 4 is 29.6 Å². The molecule has 0 fully saturated rings. The summed E-state index contributed by atoms with van der Waals surface area (Å²) in [4.78, 5) is 23.5. The molecule has 0 aliphatic carbocycles. The van der Waals surface area contributed by atoms with E-state index in [4.69, 9.17) is 11.6 Å². The van der Waals surface area contributed by atoms with Crippen LogP contribution in [0, 0.1) is 0 Å². The zero-order valence-electron chi connectivity index (χ0n) is 12.3. The lowest BCUT2D eigenvalue weighted by molar-refractivity contribution is -0.120. The molecule has 0 saturated carbocycles. The van der Waals surface area contributed by atoms with Crippen molar-refractivity contribution in [1.82, 2.24) is 10.7 Å². The molecule has 0 spiro atoms. The van der Waals surface area contributed by atoms with Crippen molar-refractivity contribution in [3.8, 4) is 0 Å². The highest BCUT2D eigenvalue weighted by molar-refractivity contribution is 6.33. The quantitative estimate of drug-likeness (QED) is 0.631. The van der Waals surface area contributed by atoms with E-state index in [1.807, 2.05) is 30.3 Å². The van der Waals surface area contributed by atoms with Gasteiger partial charge in [-0.25, -0.2) is 5.43 Å². The monoisotopic (exact) mass is 329 g/mol. The zero-order valence-corrected chi connectivity index (χ0v) is 13.1. The first-order valence-corrected chi connectivity index (χ1v) is 7.44. The Labute approximate surface area is 139 Å². The van der Waals surface area contributed by atoms with E-state index in [1.54, 1.807) is 30.5 Å². The Hall–Kier alpha value is -2.66. The third kappa shape index (κ3) is 5.56. The summed E-state index contributed by atoms with van der Waals surface area (Å²) in [5, 5.41) is 6.87. The molecule has 2 aromatic rings. The number of halogens is 1. The minimum atomic E-state index is -0.309. The van der Waals surface area contributed by atoms with Crippen molar-refractivity contribution in [1.29, 1.82) is 0 Å². The van der Waals surface area contributed by atoms with Gasteiger partial charge in [-0.2, -0.15) is 5.10 Å². The Morgan fingerprint density at radius 3 is 2.48 bits per heavy atom. The van der Waals surface area contributed by atoms with E-state index in [0.717, 1.165) is 5.56 Å². The molecule has 0 saturated heterocycles. The average molecular weight is 330 g/mol. The van der Waals surface area contributed by atoms with Crippen LogP contribution in [-0.4, -0.2) is 24.6 Å². The summed E-state index contributed by atoms with van der Waals surface area (Å²) in [6.45, 7) is 0.205. The third-order valence-corrected chi connectivity index (χ3v) is 3.29. The second-order valence-corrected chi connectivity index (χ2v) is 5.10. The molecule has 6 heteroatoms. The number of amides is 2. The maximum atomic E-state index is 11.9. The minimum Gasteiger partial charge on any atom is -0.351 e. The van der Waals surface area contributed by atoms with Crippen LogP contribution in [0.2, 0.25) is 5.02 Å². The van der Waals surface area contributed by atoms with Crippen LogP contribution in [0.5, 0.6) is 0 Å². The molecule has 23 heavy (non-hydrogen) atoms. The van der Waals surface area contributed by atoms with E-state index in [9.17, 15) is 9.59 Å². The smallest absolute Gasteiger partial charge is 0.252 e. The molecule has 118 valence electrons. The first kappa shape index (κ1) is 16.7. The van der Waals surface area contributed by atoms with E-state index in [2.05, 4.69) is 15.8 Å². The number of carbonyl (C=O) groups is 2. The van der Waals surface area contributed by atoms with Gasteiger partial charge in [0.25, 0.3) is 5.91 Å². The van der Waals surface area contributed by atoms with Crippen LogP contribution >= 0.6 is 11.6 Å². The highest BCUT2D eigenvalue weighted by atomic mass is 35.5. The fraction of sp³-hybridized carbons (Fsp3) is 0.118. The summed E-state index contributed by atoms with van der Waals surface area (Å²) in [6, 6.07) is 16.2. The third-order valence-electron chi connectivity index (χ3n) is 2.96. The lowest BCUT2D eigenvalue weighted by Gasteiger charge is -2.05. The van der Waals surface area contributed by atoms with Crippen LogP contribution in [0.1, 0.15) is 22.3 Å². The van der Waals surface area contributed by atoms with Gasteiger partial charge >= 0.3 is 0 Å².